The van der Waals surface area contributed by atoms with Crippen LogP contribution >= 0.6 is 0 Å². The van der Waals surface area contributed by atoms with Gasteiger partial charge >= 0.3 is 0 Å². The Balaban J connectivity index is 1.64. The Kier molecular flexibility index (Phi) is 4.66. The van der Waals surface area contributed by atoms with Crippen LogP contribution in [0.2, 0.25) is 0 Å². The maximum absolute atomic E-state index is 13.1. The molecule has 1 atom stereocenters. The molecule has 0 radical (unpaired) electrons. The van der Waals surface area contributed by atoms with Gasteiger partial charge in [0.1, 0.15) is 0 Å². The molecule has 1 N–H and O–H groups in total. The van der Waals surface area contributed by atoms with E-state index < -0.39 is 4.92 Å². The van der Waals surface area contributed by atoms with Crippen LogP contribution in [0.4, 0.5) is 11.4 Å². The molecule has 5 heteroatoms. The Morgan fingerprint density at radius 3 is 2.00 bits per heavy atom. The first-order chi connectivity index (χ1) is 13.9. The van der Waals surface area contributed by atoms with Crippen molar-refractivity contribution in [3.05, 3.63) is 105 Å². The van der Waals surface area contributed by atoms with Gasteiger partial charge in [0, 0.05) is 23.2 Å². The molecule has 0 saturated heterocycles. The number of nitro benzene ring substituents is 1. The Morgan fingerprint density at radius 2 is 1.52 bits per heavy atom. The number of nitro groups is 1. The summed E-state index contributed by atoms with van der Waals surface area (Å²) in [4.78, 5) is 23.5. The molecule has 0 aromatic heterocycles. The molecule has 0 spiro atoms. The summed E-state index contributed by atoms with van der Waals surface area (Å²) in [6.45, 7) is 4.11. The zero-order valence-corrected chi connectivity index (χ0v) is 16.4. The van der Waals surface area contributed by atoms with E-state index in [9.17, 15) is 14.9 Å². The minimum atomic E-state index is -0.451. The molecule has 3 aromatic carbocycles. The fourth-order valence-corrected chi connectivity index (χ4v) is 4.13. The van der Waals surface area contributed by atoms with Gasteiger partial charge in [-0.25, -0.2) is 0 Å². The van der Waals surface area contributed by atoms with Crippen molar-refractivity contribution in [3.8, 4) is 0 Å². The predicted octanol–water partition coefficient (Wildman–Crippen LogP) is 5.16. The molecular formula is C24H22N2O3. The Morgan fingerprint density at radius 1 is 0.966 bits per heavy atom. The number of aryl methyl sites for hydroxylation is 2. The lowest BCUT2D eigenvalue weighted by atomic mass is 9.84. The summed E-state index contributed by atoms with van der Waals surface area (Å²) in [6.07, 6.45) is 0.735. The van der Waals surface area contributed by atoms with Crippen LogP contribution < -0.4 is 5.32 Å². The van der Waals surface area contributed by atoms with Crippen LogP contribution in [0.3, 0.4) is 0 Å². The summed E-state index contributed by atoms with van der Waals surface area (Å²) in [5.41, 5.74) is 4.84. The van der Waals surface area contributed by atoms with Crippen molar-refractivity contribution in [2.24, 2.45) is 5.92 Å². The van der Waals surface area contributed by atoms with E-state index >= 15 is 0 Å². The largest absolute Gasteiger partial charge is 0.326 e. The predicted molar refractivity (Wildman–Crippen MR) is 113 cm³/mol. The molecule has 0 aliphatic heterocycles. The van der Waals surface area contributed by atoms with Crippen LogP contribution in [0.1, 0.15) is 28.7 Å². The van der Waals surface area contributed by atoms with Crippen LogP contribution in [0, 0.1) is 29.9 Å². The second-order valence-corrected chi connectivity index (χ2v) is 7.76. The number of carbonyl (C=O) groups excluding carboxylic acids is 1. The van der Waals surface area contributed by atoms with E-state index in [1.165, 1.54) is 12.1 Å². The normalized spacial score (nSPS) is 16.8. The minimum absolute atomic E-state index is 0.00305. The van der Waals surface area contributed by atoms with E-state index in [-0.39, 0.29) is 22.9 Å². The highest BCUT2D eigenvalue weighted by atomic mass is 16.6. The van der Waals surface area contributed by atoms with E-state index in [2.05, 4.69) is 55.6 Å². The van der Waals surface area contributed by atoms with Crippen LogP contribution in [0.25, 0.3) is 0 Å². The highest BCUT2D eigenvalue weighted by Gasteiger charge is 2.60. The molecule has 1 aliphatic carbocycles. The number of nitrogens with one attached hydrogen (secondary N) is 1. The number of benzene rings is 3. The Bertz CT molecular complexity index is 1040. The molecule has 5 nitrogen and oxygen atoms in total. The van der Waals surface area contributed by atoms with Gasteiger partial charge in [-0.3, -0.25) is 14.9 Å². The molecule has 1 amide bonds. The number of hydrogen-bond acceptors (Lipinski definition) is 3. The van der Waals surface area contributed by atoms with Gasteiger partial charge in [0.05, 0.1) is 10.8 Å². The molecule has 4 rings (SSSR count). The second-order valence-electron chi connectivity index (χ2n) is 7.76. The van der Waals surface area contributed by atoms with Gasteiger partial charge < -0.3 is 5.32 Å². The topological polar surface area (TPSA) is 72.2 Å². The van der Waals surface area contributed by atoms with Crippen molar-refractivity contribution in [1.82, 2.24) is 0 Å². The molecule has 3 aromatic rings. The number of amides is 1. The molecule has 0 bridgehead atoms. The SMILES string of the molecule is Cc1cccc(C2(c3cccc(C)c3)C[C@H]2C(=O)Nc2ccc([N+](=O)[O-])cc2)c1. The fourth-order valence-electron chi connectivity index (χ4n) is 4.13. The summed E-state index contributed by atoms with van der Waals surface area (Å²) < 4.78 is 0. The second kappa shape index (κ2) is 7.17. The third-order valence-corrected chi connectivity index (χ3v) is 5.69. The minimum Gasteiger partial charge on any atom is -0.326 e. The zero-order chi connectivity index (χ0) is 20.6. The van der Waals surface area contributed by atoms with E-state index in [1.807, 2.05) is 12.1 Å². The first-order valence-electron chi connectivity index (χ1n) is 9.60. The van der Waals surface area contributed by atoms with Gasteiger partial charge in [-0.2, -0.15) is 0 Å². The summed E-state index contributed by atoms with van der Waals surface area (Å²) in [6, 6.07) is 22.6. The quantitative estimate of drug-likeness (QED) is 0.486. The van der Waals surface area contributed by atoms with Gasteiger partial charge in [-0.1, -0.05) is 59.7 Å². The summed E-state index contributed by atoms with van der Waals surface area (Å²) in [5, 5.41) is 13.8. The van der Waals surface area contributed by atoms with Crippen molar-refractivity contribution in [3.63, 3.8) is 0 Å². The fraction of sp³-hybridized carbons (Fsp3) is 0.208. The summed E-state index contributed by atoms with van der Waals surface area (Å²) >= 11 is 0. The van der Waals surface area contributed by atoms with Gasteiger partial charge in [-0.15, -0.1) is 0 Å². The summed E-state index contributed by atoms with van der Waals surface area (Å²) in [7, 11) is 0. The Labute approximate surface area is 169 Å². The smallest absolute Gasteiger partial charge is 0.269 e. The van der Waals surface area contributed by atoms with Crippen molar-refractivity contribution < 1.29 is 9.72 Å². The van der Waals surface area contributed by atoms with E-state index in [0.29, 0.717) is 5.69 Å². The standard InChI is InChI=1S/C24H22N2O3/c1-16-5-3-7-18(13-16)24(19-8-4-6-17(2)14-19)15-22(24)23(27)25-20-9-11-21(12-10-20)26(28)29/h3-14,22H,15H2,1-2H3,(H,25,27)/t22-/m0/s1. The number of carbonyl (C=O) groups is 1. The molecular weight excluding hydrogens is 364 g/mol. The van der Waals surface area contributed by atoms with Crippen LogP contribution in [-0.4, -0.2) is 10.8 Å². The van der Waals surface area contributed by atoms with Gasteiger partial charge in [-0.05, 0) is 43.5 Å². The van der Waals surface area contributed by atoms with E-state index in [4.69, 9.17) is 0 Å². The zero-order valence-electron chi connectivity index (χ0n) is 16.4. The maximum atomic E-state index is 13.1. The number of anilines is 1. The van der Waals surface area contributed by atoms with E-state index in [1.54, 1.807) is 12.1 Å². The third kappa shape index (κ3) is 3.51. The number of nitrogens with zero attached hydrogens (tertiary/aromatic N) is 1. The van der Waals surface area contributed by atoms with Crippen molar-refractivity contribution in [1.29, 1.82) is 0 Å². The van der Waals surface area contributed by atoms with Gasteiger partial charge in [0.2, 0.25) is 5.91 Å². The van der Waals surface area contributed by atoms with Gasteiger partial charge in [0.15, 0.2) is 0 Å². The third-order valence-electron chi connectivity index (χ3n) is 5.69. The molecule has 29 heavy (non-hydrogen) atoms. The molecule has 0 unspecified atom stereocenters. The average molecular weight is 386 g/mol. The monoisotopic (exact) mass is 386 g/mol. The average Bonchev–Trinajstić information content (AvgIpc) is 3.46. The molecule has 1 fully saturated rings. The number of rotatable bonds is 5. The Hall–Kier alpha value is -3.47. The summed E-state index contributed by atoms with van der Waals surface area (Å²) in [5.74, 6) is -0.261. The van der Waals surface area contributed by atoms with E-state index in [0.717, 1.165) is 28.7 Å². The first-order valence-corrected chi connectivity index (χ1v) is 9.60. The highest BCUT2D eigenvalue weighted by Crippen LogP contribution is 2.59. The molecule has 0 heterocycles. The lowest BCUT2D eigenvalue weighted by molar-refractivity contribution is -0.384. The van der Waals surface area contributed by atoms with Crippen LogP contribution in [0.5, 0.6) is 0 Å². The lowest BCUT2D eigenvalue weighted by Crippen LogP contribution is -2.22. The number of non-ortho nitro benzene ring substituents is 1. The maximum Gasteiger partial charge on any atom is 0.269 e. The lowest BCUT2D eigenvalue weighted by Gasteiger charge is -2.20. The van der Waals surface area contributed by atoms with Crippen LogP contribution in [-0.2, 0) is 10.2 Å². The molecule has 146 valence electrons. The first kappa shape index (κ1) is 18.9. The van der Waals surface area contributed by atoms with Gasteiger partial charge in [0.25, 0.3) is 5.69 Å². The molecule has 1 aliphatic rings. The van der Waals surface area contributed by atoms with Crippen LogP contribution in [0.15, 0.2) is 72.8 Å². The van der Waals surface area contributed by atoms with Crippen molar-refractivity contribution >= 4 is 17.3 Å². The van der Waals surface area contributed by atoms with Crippen molar-refractivity contribution in [2.75, 3.05) is 5.32 Å². The number of hydrogen-bond donors (Lipinski definition) is 1. The highest BCUT2D eigenvalue weighted by molar-refractivity contribution is 5.97. The van der Waals surface area contributed by atoms with Crippen molar-refractivity contribution in [2.45, 2.75) is 25.7 Å². The molecule has 1 saturated carbocycles.